The van der Waals surface area contributed by atoms with Crippen LogP contribution in [0.4, 0.5) is 4.79 Å². The summed E-state index contributed by atoms with van der Waals surface area (Å²) in [5, 5.41) is 15.5. The molecule has 3 aromatic rings. The minimum absolute atomic E-state index is 0.0141. The Morgan fingerprint density at radius 2 is 1.94 bits per heavy atom. The minimum atomic E-state index is -1.63. The quantitative estimate of drug-likeness (QED) is 0.371. The van der Waals surface area contributed by atoms with E-state index in [1.54, 1.807) is 31.6 Å². The van der Waals surface area contributed by atoms with Gasteiger partial charge in [-0.1, -0.05) is 19.6 Å². The van der Waals surface area contributed by atoms with E-state index in [2.05, 4.69) is 34.7 Å². The molecule has 0 fully saturated rings. The Balaban J connectivity index is 1.62. The fourth-order valence-corrected chi connectivity index (χ4v) is 4.86. The zero-order valence-electron chi connectivity index (χ0n) is 21.9. The molecule has 1 aliphatic rings. The van der Waals surface area contributed by atoms with Crippen molar-refractivity contribution in [1.82, 2.24) is 29.2 Å². The highest BCUT2D eigenvalue weighted by atomic mass is 28.3. The second kappa shape index (κ2) is 9.00. The normalized spacial score (nSPS) is 18.0. The monoisotopic (exact) mass is 514 g/mol. The highest BCUT2D eigenvalue weighted by molar-refractivity contribution is 6.76. The molecule has 3 aromatic heterocycles. The van der Waals surface area contributed by atoms with Crippen molar-refractivity contribution in [3.05, 3.63) is 36.0 Å². The van der Waals surface area contributed by atoms with Crippen molar-refractivity contribution in [2.75, 3.05) is 6.61 Å². The number of carboxylic acids is 1. The van der Waals surface area contributed by atoms with E-state index in [0.29, 0.717) is 36.1 Å². The number of fused-ring (bicyclic) bond motifs is 2. The summed E-state index contributed by atoms with van der Waals surface area (Å²) < 4.78 is 14.8. The first-order valence-corrected chi connectivity index (χ1v) is 15.6. The fourth-order valence-electron chi connectivity index (χ4n) is 4.11. The van der Waals surface area contributed by atoms with E-state index in [4.69, 9.17) is 9.47 Å². The van der Waals surface area contributed by atoms with Crippen LogP contribution in [0, 0.1) is 0 Å². The largest absolute Gasteiger partial charge is 0.479 e. The number of carbonyl (C=O) groups is 2. The maximum atomic E-state index is 12.8. The molecular formula is C24H34N6O5Si. The van der Waals surface area contributed by atoms with Gasteiger partial charge in [-0.05, 0) is 39.8 Å². The highest BCUT2D eigenvalue weighted by Crippen LogP contribution is 2.40. The summed E-state index contributed by atoms with van der Waals surface area (Å²) >= 11 is 0. The number of carboxylic acid groups (broad SMARTS) is 1. The van der Waals surface area contributed by atoms with Crippen LogP contribution in [-0.2, 0) is 33.1 Å². The number of amides is 1. The molecule has 0 aliphatic carbocycles. The van der Waals surface area contributed by atoms with E-state index < -0.39 is 31.3 Å². The molecular weight excluding hydrogens is 480 g/mol. The number of hydrogen-bond acceptors (Lipinski definition) is 7. The molecule has 194 valence electrons. The highest BCUT2D eigenvalue weighted by Gasteiger charge is 2.53. The lowest BCUT2D eigenvalue weighted by atomic mass is 9.95. The third-order valence-corrected chi connectivity index (χ3v) is 7.88. The van der Waals surface area contributed by atoms with Crippen LogP contribution in [0.25, 0.3) is 16.9 Å². The first-order valence-electron chi connectivity index (χ1n) is 11.9. The predicted molar refractivity (Wildman–Crippen MR) is 136 cm³/mol. The topological polar surface area (TPSA) is 125 Å². The molecule has 0 unspecified atom stereocenters. The van der Waals surface area contributed by atoms with Gasteiger partial charge in [0, 0.05) is 32.6 Å². The third-order valence-electron chi connectivity index (χ3n) is 6.17. The van der Waals surface area contributed by atoms with Crippen LogP contribution in [0.2, 0.25) is 25.7 Å². The summed E-state index contributed by atoms with van der Waals surface area (Å²) in [6.07, 6.45) is 4.26. The summed E-state index contributed by atoms with van der Waals surface area (Å²) in [5.41, 5.74) is -0.791. The molecule has 12 heteroatoms. The Labute approximate surface area is 211 Å². The van der Waals surface area contributed by atoms with E-state index in [-0.39, 0.29) is 6.54 Å². The molecule has 4 heterocycles. The zero-order valence-corrected chi connectivity index (χ0v) is 22.9. The van der Waals surface area contributed by atoms with E-state index in [1.165, 1.54) is 18.2 Å². The van der Waals surface area contributed by atoms with Gasteiger partial charge in [-0.25, -0.2) is 24.2 Å². The van der Waals surface area contributed by atoms with Crippen LogP contribution in [0.15, 0.2) is 24.8 Å². The average molecular weight is 515 g/mol. The molecule has 0 spiro atoms. The van der Waals surface area contributed by atoms with Crippen LogP contribution in [0.3, 0.4) is 0 Å². The summed E-state index contributed by atoms with van der Waals surface area (Å²) in [7, 11) is -1.18. The molecule has 0 saturated carbocycles. The molecule has 0 radical (unpaired) electrons. The Kier molecular flexibility index (Phi) is 6.46. The van der Waals surface area contributed by atoms with Crippen molar-refractivity contribution < 1.29 is 24.2 Å². The predicted octanol–water partition coefficient (Wildman–Crippen LogP) is 3.98. The zero-order chi connectivity index (χ0) is 26.5. The van der Waals surface area contributed by atoms with Crippen molar-refractivity contribution in [2.45, 2.75) is 77.8 Å². The van der Waals surface area contributed by atoms with Gasteiger partial charge in [-0.15, -0.1) is 0 Å². The van der Waals surface area contributed by atoms with E-state index in [1.807, 2.05) is 16.8 Å². The molecule has 11 nitrogen and oxygen atoms in total. The summed E-state index contributed by atoms with van der Waals surface area (Å²) in [5.74, 6) is -0.645. The smallest absolute Gasteiger partial charge is 0.411 e. The Bertz CT molecular complexity index is 1300. The molecule has 1 amide bonds. The lowest BCUT2D eigenvalue weighted by molar-refractivity contribution is -0.150. The first-order chi connectivity index (χ1) is 16.7. The van der Waals surface area contributed by atoms with Gasteiger partial charge in [0.1, 0.15) is 24.3 Å². The third kappa shape index (κ3) is 4.87. The van der Waals surface area contributed by atoms with Crippen LogP contribution >= 0.6 is 0 Å². The fraction of sp³-hybridized carbons (Fsp3) is 0.542. The molecule has 1 aliphatic heterocycles. The number of aromatic nitrogens is 5. The van der Waals surface area contributed by atoms with Crippen molar-refractivity contribution in [1.29, 1.82) is 0 Å². The molecule has 0 saturated heterocycles. The van der Waals surface area contributed by atoms with Crippen molar-refractivity contribution in [2.24, 2.45) is 0 Å². The number of rotatable bonds is 7. The Morgan fingerprint density at radius 1 is 1.22 bits per heavy atom. The van der Waals surface area contributed by atoms with Crippen LogP contribution in [-0.4, -0.2) is 66.7 Å². The summed E-state index contributed by atoms with van der Waals surface area (Å²) in [6.45, 7) is 14.7. The van der Waals surface area contributed by atoms with E-state index in [0.717, 1.165) is 11.4 Å². The van der Waals surface area contributed by atoms with Gasteiger partial charge < -0.3 is 19.1 Å². The molecule has 1 N–H and O–H groups in total. The van der Waals surface area contributed by atoms with Crippen molar-refractivity contribution in [3.8, 4) is 5.82 Å². The maximum absolute atomic E-state index is 12.8. The lowest BCUT2D eigenvalue weighted by Gasteiger charge is -2.33. The molecule has 1 atom stereocenters. The lowest BCUT2D eigenvalue weighted by Crippen LogP contribution is -2.50. The van der Waals surface area contributed by atoms with Gasteiger partial charge in [0.25, 0.3) is 0 Å². The Hall–Kier alpha value is -3.25. The van der Waals surface area contributed by atoms with Crippen LogP contribution in [0.5, 0.6) is 0 Å². The SMILES string of the molecule is CC(C)(C)OC(=O)N1Cc2nn(-c3ncnc4c3ccn4COCC[Si](C)(C)C)cc2[C@@]1(C)C(=O)O. The number of carbonyl (C=O) groups excluding carboxylic acids is 1. The number of hydrogen-bond donors (Lipinski definition) is 1. The summed E-state index contributed by atoms with van der Waals surface area (Å²) in [6, 6.07) is 2.97. The molecule has 0 aromatic carbocycles. The van der Waals surface area contributed by atoms with Gasteiger partial charge in [0.05, 0.1) is 17.6 Å². The average Bonchev–Trinajstić information content (AvgIpc) is 3.43. The second-order valence-electron chi connectivity index (χ2n) is 11.4. The second-order valence-corrected chi connectivity index (χ2v) is 17.1. The van der Waals surface area contributed by atoms with Crippen LogP contribution < -0.4 is 0 Å². The summed E-state index contributed by atoms with van der Waals surface area (Å²) in [4.78, 5) is 35.2. The van der Waals surface area contributed by atoms with E-state index >= 15 is 0 Å². The van der Waals surface area contributed by atoms with Crippen molar-refractivity contribution >= 4 is 31.2 Å². The van der Waals surface area contributed by atoms with Gasteiger partial charge >= 0.3 is 12.1 Å². The first kappa shape index (κ1) is 25.8. The molecule has 0 bridgehead atoms. The molecule has 36 heavy (non-hydrogen) atoms. The number of ether oxygens (including phenoxy) is 2. The number of aliphatic carboxylic acids is 1. The number of nitrogens with zero attached hydrogens (tertiary/aromatic N) is 6. The molecule has 4 rings (SSSR count). The van der Waals surface area contributed by atoms with Gasteiger partial charge in [0.2, 0.25) is 0 Å². The van der Waals surface area contributed by atoms with Gasteiger partial charge in [-0.2, -0.15) is 5.10 Å². The van der Waals surface area contributed by atoms with Gasteiger partial charge in [-0.3, -0.25) is 4.90 Å². The Morgan fingerprint density at radius 3 is 2.58 bits per heavy atom. The maximum Gasteiger partial charge on any atom is 0.411 e. The van der Waals surface area contributed by atoms with Crippen LogP contribution in [0.1, 0.15) is 39.0 Å². The standard InChI is InChI=1S/C24H34N6O5Si/c1-23(2,3)35-22(33)29-13-18-17(24(29,4)21(31)32)12-30(27-18)20-16-8-9-28(19(16)25-14-26-20)15-34-10-11-36(5,6)7/h8-9,12,14H,10-11,13,15H2,1-7H3,(H,31,32)/t24-/m0/s1. The van der Waals surface area contributed by atoms with Crippen molar-refractivity contribution in [3.63, 3.8) is 0 Å². The van der Waals surface area contributed by atoms with E-state index in [9.17, 15) is 14.7 Å². The minimum Gasteiger partial charge on any atom is -0.479 e. The van der Waals surface area contributed by atoms with Gasteiger partial charge in [0.15, 0.2) is 11.4 Å².